The molecule has 1 aromatic carbocycles. The summed E-state index contributed by atoms with van der Waals surface area (Å²) in [6.45, 7) is 0. The second-order valence-electron chi connectivity index (χ2n) is 3.32. The van der Waals surface area contributed by atoms with Crippen LogP contribution < -0.4 is 4.74 Å². The van der Waals surface area contributed by atoms with Gasteiger partial charge in [-0.3, -0.25) is 0 Å². The van der Waals surface area contributed by atoms with Gasteiger partial charge in [0, 0.05) is 34.6 Å². The van der Waals surface area contributed by atoms with Gasteiger partial charge in [0.25, 0.3) is 0 Å². The normalized spacial score (nSPS) is 9.53. The van der Waals surface area contributed by atoms with Gasteiger partial charge in [-0.05, 0) is 3.93 Å². The SMILES string of the molecule is COc1onc(-c2ccccc2)c1CC#CI. The van der Waals surface area contributed by atoms with Crippen molar-refractivity contribution in [1.82, 2.24) is 5.16 Å². The second-order valence-corrected chi connectivity index (χ2v) is 3.85. The number of hydrogen-bond donors (Lipinski definition) is 0. The predicted molar refractivity (Wildman–Crippen MR) is 74.0 cm³/mol. The lowest BCUT2D eigenvalue weighted by molar-refractivity contribution is 0.259. The monoisotopic (exact) mass is 339 g/mol. The number of nitrogens with zero attached hydrogens (tertiary/aromatic N) is 1. The van der Waals surface area contributed by atoms with Gasteiger partial charge in [-0.15, -0.1) is 0 Å². The summed E-state index contributed by atoms with van der Waals surface area (Å²) < 4.78 is 13.1. The maximum Gasteiger partial charge on any atom is 0.315 e. The fourth-order valence-electron chi connectivity index (χ4n) is 1.56. The number of ether oxygens (including phenoxy) is 1. The molecule has 0 spiro atoms. The molecule has 0 amide bonds. The van der Waals surface area contributed by atoms with Crippen molar-refractivity contribution in [3.63, 3.8) is 0 Å². The van der Waals surface area contributed by atoms with E-state index in [9.17, 15) is 0 Å². The van der Waals surface area contributed by atoms with Crippen LogP contribution in [-0.2, 0) is 6.42 Å². The Bertz CT molecular complexity index is 552. The molecule has 0 N–H and O–H groups in total. The van der Waals surface area contributed by atoms with E-state index in [1.54, 1.807) is 7.11 Å². The molecule has 0 aliphatic heterocycles. The third kappa shape index (κ3) is 2.61. The van der Waals surface area contributed by atoms with Gasteiger partial charge in [-0.1, -0.05) is 41.4 Å². The molecule has 0 radical (unpaired) electrons. The first-order chi connectivity index (χ1) is 8.36. The molecule has 0 fully saturated rings. The number of methoxy groups -OCH3 is 1. The van der Waals surface area contributed by atoms with Gasteiger partial charge in [0.15, 0.2) is 0 Å². The molecule has 0 aliphatic carbocycles. The molecule has 0 saturated carbocycles. The van der Waals surface area contributed by atoms with E-state index in [4.69, 9.17) is 9.26 Å². The molecular weight excluding hydrogens is 329 g/mol. The van der Waals surface area contributed by atoms with Gasteiger partial charge < -0.3 is 9.26 Å². The van der Waals surface area contributed by atoms with Gasteiger partial charge in [0.2, 0.25) is 0 Å². The lowest BCUT2D eigenvalue weighted by Gasteiger charge is -1.99. The van der Waals surface area contributed by atoms with Crippen molar-refractivity contribution in [3.05, 3.63) is 35.9 Å². The van der Waals surface area contributed by atoms with E-state index in [0.29, 0.717) is 12.4 Å². The number of rotatable bonds is 3. The van der Waals surface area contributed by atoms with Crippen LogP contribution in [0.25, 0.3) is 11.3 Å². The molecule has 86 valence electrons. The average molecular weight is 339 g/mol. The van der Waals surface area contributed by atoms with Crippen LogP contribution in [0.1, 0.15) is 5.56 Å². The second kappa shape index (κ2) is 5.73. The summed E-state index contributed by atoms with van der Waals surface area (Å²) >= 11 is 2.01. The third-order valence-electron chi connectivity index (χ3n) is 2.32. The first-order valence-corrected chi connectivity index (χ1v) is 6.11. The smallest absolute Gasteiger partial charge is 0.315 e. The Morgan fingerprint density at radius 1 is 1.35 bits per heavy atom. The third-order valence-corrected chi connectivity index (χ3v) is 2.70. The van der Waals surface area contributed by atoms with Crippen molar-refractivity contribution < 1.29 is 9.26 Å². The topological polar surface area (TPSA) is 35.3 Å². The maximum atomic E-state index is 5.15. The average Bonchev–Trinajstić information content (AvgIpc) is 2.80. The van der Waals surface area contributed by atoms with Gasteiger partial charge in [-0.25, -0.2) is 0 Å². The molecule has 0 aliphatic rings. The molecule has 2 rings (SSSR count). The molecule has 0 atom stereocenters. The summed E-state index contributed by atoms with van der Waals surface area (Å²) in [5.41, 5.74) is 2.69. The standard InChI is InChI=1S/C13H10INO2/c1-16-13-11(8-5-9-14)12(15-17-13)10-6-3-2-4-7-10/h2-4,6-7H,8H2,1H3. The van der Waals surface area contributed by atoms with Crippen LogP contribution in [-0.4, -0.2) is 12.3 Å². The molecule has 1 aromatic heterocycles. The summed E-state index contributed by atoms with van der Waals surface area (Å²) in [5.74, 6) is 3.43. The lowest BCUT2D eigenvalue weighted by Crippen LogP contribution is -1.89. The number of hydrogen-bond acceptors (Lipinski definition) is 3. The Balaban J connectivity index is 2.46. The lowest BCUT2D eigenvalue weighted by atomic mass is 10.1. The van der Waals surface area contributed by atoms with E-state index in [1.165, 1.54) is 0 Å². The van der Waals surface area contributed by atoms with Crippen molar-refractivity contribution in [2.75, 3.05) is 7.11 Å². The molecule has 17 heavy (non-hydrogen) atoms. The van der Waals surface area contributed by atoms with Crippen molar-refractivity contribution in [2.24, 2.45) is 0 Å². The minimum Gasteiger partial charge on any atom is -0.467 e. The highest BCUT2D eigenvalue weighted by Crippen LogP contribution is 2.30. The molecule has 0 saturated heterocycles. The van der Waals surface area contributed by atoms with Crippen LogP contribution in [0.4, 0.5) is 0 Å². The Labute approximate surface area is 113 Å². The Hall–Kier alpha value is -1.48. The Kier molecular flexibility index (Phi) is 4.04. The molecule has 0 unspecified atom stereocenters. The minimum atomic E-state index is 0.433. The first kappa shape index (κ1) is 12.0. The van der Waals surface area contributed by atoms with Gasteiger partial charge >= 0.3 is 5.95 Å². The zero-order valence-electron chi connectivity index (χ0n) is 9.24. The first-order valence-electron chi connectivity index (χ1n) is 5.03. The van der Waals surface area contributed by atoms with Gasteiger partial charge in [0.1, 0.15) is 5.69 Å². The molecule has 0 bridgehead atoms. The van der Waals surface area contributed by atoms with Crippen LogP contribution in [0, 0.1) is 9.85 Å². The van der Waals surface area contributed by atoms with E-state index in [0.717, 1.165) is 16.8 Å². The van der Waals surface area contributed by atoms with E-state index in [2.05, 4.69) is 15.0 Å². The Morgan fingerprint density at radius 3 is 2.76 bits per heavy atom. The largest absolute Gasteiger partial charge is 0.467 e. The van der Waals surface area contributed by atoms with E-state index < -0.39 is 0 Å². The molecule has 1 heterocycles. The summed E-state index contributed by atoms with van der Waals surface area (Å²) in [5, 5.41) is 4.04. The fourth-order valence-corrected chi connectivity index (χ4v) is 1.75. The Morgan fingerprint density at radius 2 is 2.12 bits per heavy atom. The summed E-state index contributed by atoms with van der Waals surface area (Å²) in [6.07, 6.45) is 0.569. The zero-order valence-corrected chi connectivity index (χ0v) is 11.4. The quantitative estimate of drug-likeness (QED) is 0.636. The van der Waals surface area contributed by atoms with E-state index >= 15 is 0 Å². The van der Waals surface area contributed by atoms with Crippen molar-refractivity contribution in [1.29, 1.82) is 0 Å². The number of halogens is 1. The summed E-state index contributed by atoms with van der Waals surface area (Å²) in [4.78, 5) is 0. The van der Waals surface area contributed by atoms with E-state index in [-0.39, 0.29) is 0 Å². The zero-order chi connectivity index (χ0) is 12.1. The van der Waals surface area contributed by atoms with Crippen LogP contribution in [0.5, 0.6) is 5.95 Å². The fraction of sp³-hybridized carbons (Fsp3) is 0.154. The van der Waals surface area contributed by atoms with Crippen molar-refractivity contribution >= 4 is 22.6 Å². The predicted octanol–water partition coefficient (Wildman–Crippen LogP) is 3.29. The molecular formula is C13H10INO2. The van der Waals surface area contributed by atoms with Crippen LogP contribution >= 0.6 is 22.6 Å². The molecule has 2 aromatic rings. The summed E-state index contributed by atoms with van der Waals surface area (Å²) in [6, 6.07) is 9.86. The van der Waals surface area contributed by atoms with Crippen LogP contribution in [0.2, 0.25) is 0 Å². The summed E-state index contributed by atoms with van der Waals surface area (Å²) in [7, 11) is 1.57. The van der Waals surface area contributed by atoms with Gasteiger partial charge in [0.05, 0.1) is 12.7 Å². The highest BCUT2D eigenvalue weighted by atomic mass is 127. The van der Waals surface area contributed by atoms with E-state index in [1.807, 2.05) is 52.9 Å². The number of aromatic nitrogens is 1. The highest BCUT2D eigenvalue weighted by Gasteiger charge is 2.16. The van der Waals surface area contributed by atoms with Crippen molar-refractivity contribution in [3.8, 4) is 27.1 Å². The van der Waals surface area contributed by atoms with Gasteiger partial charge in [-0.2, -0.15) is 0 Å². The highest BCUT2D eigenvalue weighted by molar-refractivity contribution is 14.1. The minimum absolute atomic E-state index is 0.433. The maximum absolute atomic E-state index is 5.15. The molecule has 3 nitrogen and oxygen atoms in total. The van der Waals surface area contributed by atoms with Crippen molar-refractivity contribution in [2.45, 2.75) is 6.42 Å². The number of benzene rings is 1. The van der Waals surface area contributed by atoms with Crippen LogP contribution in [0.3, 0.4) is 0 Å². The van der Waals surface area contributed by atoms with Crippen LogP contribution in [0.15, 0.2) is 34.9 Å². The molecule has 4 heteroatoms.